The molecule has 0 saturated carbocycles. The number of rotatable bonds is 17. The highest BCUT2D eigenvalue weighted by atomic mass is 35.5. The van der Waals surface area contributed by atoms with Crippen molar-refractivity contribution in [2.24, 2.45) is 0 Å². The van der Waals surface area contributed by atoms with Gasteiger partial charge in [0.1, 0.15) is 22.6 Å². The standard InChI is InChI=1S/C48H57BCl2N4O10/c1-7-62-45(58)32-27-52-39(25-40(32)56)29-21-35(50)42(22-30(29)37-11-13-47(2,3)54(37)52)64-19-9-16-61-17-10-20-65-46(59)33-28-53-44(26-41(33)57)49-34-24-36(51)43(63-18-8-15-60-6)23-31(34)38-12-14-48(4,5)55(38)53/h21-28,37-38,49H,7-20H2,1-6H3. The number of nitrogens with zero attached hydrogens (tertiary/aromatic N) is 4. The molecule has 65 heavy (non-hydrogen) atoms. The van der Waals surface area contributed by atoms with Crippen LogP contribution in [-0.2, 0) is 18.9 Å². The Bertz CT molecular complexity index is 2600. The summed E-state index contributed by atoms with van der Waals surface area (Å²) in [4.78, 5) is 52.7. The van der Waals surface area contributed by atoms with Gasteiger partial charge in [-0.2, -0.15) is 0 Å². The first-order valence-corrected chi connectivity index (χ1v) is 23.3. The van der Waals surface area contributed by atoms with Crippen molar-refractivity contribution >= 4 is 53.5 Å². The van der Waals surface area contributed by atoms with Crippen LogP contribution in [0.25, 0.3) is 11.3 Å². The minimum absolute atomic E-state index is 0.00760. The van der Waals surface area contributed by atoms with Crippen LogP contribution < -0.4 is 41.4 Å². The highest BCUT2D eigenvalue weighted by molar-refractivity contribution is 6.67. The summed E-state index contributed by atoms with van der Waals surface area (Å²) in [5.74, 6) is -0.153. The van der Waals surface area contributed by atoms with E-state index in [-0.39, 0.29) is 47.5 Å². The smallest absolute Gasteiger partial charge is 0.343 e. The fourth-order valence-corrected chi connectivity index (χ4v) is 10.3. The maximum Gasteiger partial charge on any atom is 0.343 e. The summed E-state index contributed by atoms with van der Waals surface area (Å²) in [5, 5.41) is 5.41. The van der Waals surface area contributed by atoms with Crippen molar-refractivity contribution in [1.29, 1.82) is 0 Å². The second-order valence-corrected chi connectivity index (χ2v) is 19.2. The van der Waals surface area contributed by atoms with Crippen molar-refractivity contribution in [2.75, 3.05) is 63.4 Å². The van der Waals surface area contributed by atoms with Gasteiger partial charge in [0.15, 0.2) is 10.9 Å². The lowest BCUT2D eigenvalue weighted by Crippen LogP contribution is -2.52. The van der Waals surface area contributed by atoms with Crippen molar-refractivity contribution in [2.45, 2.75) is 103 Å². The highest BCUT2D eigenvalue weighted by Crippen LogP contribution is 2.50. The number of benzene rings is 2. The van der Waals surface area contributed by atoms with Crippen LogP contribution >= 0.6 is 23.2 Å². The van der Waals surface area contributed by atoms with E-state index in [9.17, 15) is 19.2 Å². The molecule has 0 radical (unpaired) electrons. The molecule has 2 aromatic heterocycles. The first-order valence-electron chi connectivity index (χ1n) is 22.6. The minimum Gasteiger partial charge on any atom is -0.492 e. The Morgan fingerprint density at radius 1 is 0.692 bits per heavy atom. The molecule has 17 heteroatoms. The molecule has 4 aromatic rings. The Morgan fingerprint density at radius 2 is 1.25 bits per heavy atom. The molecule has 0 spiro atoms. The summed E-state index contributed by atoms with van der Waals surface area (Å²) in [7, 11) is 2.13. The zero-order chi connectivity index (χ0) is 46.2. The summed E-state index contributed by atoms with van der Waals surface area (Å²) < 4.78 is 37.9. The number of hydrogen-bond acceptors (Lipinski definition) is 12. The summed E-state index contributed by atoms with van der Waals surface area (Å²) in [6.07, 6.45) is 8.55. The third-order valence-corrected chi connectivity index (χ3v) is 13.6. The Hall–Kier alpha value is -4.96. The Balaban J connectivity index is 0.848. The fourth-order valence-electron chi connectivity index (χ4n) is 9.86. The van der Waals surface area contributed by atoms with Crippen LogP contribution in [0.2, 0.25) is 10.0 Å². The molecule has 0 bridgehead atoms. The molecule has 2 saturated heterocycles. The highest BCUT2D eigenvalue weighted by Gasteiger charge is 2.46. The number of esters is 2. The van der Waals surface area contributed by atoms with E-state index in [0.717, 1.165) is 59.9 Å². The molecule has 2 atom stereocenters. The first-order chi connectivity index (χ1) is 31.1. The maximum atomic E-state index is 13.5. The third-order valence-electron chi connectivity index (χ3n) is 13.0. The molecule has 2 unspecified atom stereocenters. The number of halogens is 2. The van der Waals surface area contributed by atoms with E-state index in [4.69, 9.17) is 51.6 Å². The minimum atomic E-state index is -0.674. The predicted octanol–water partition coefficient (Wildman–Crippen LogP) is 6.13. The summed E-state index contributed by atoms with van der Waals surface area (Å²) >= 11 is 13.5. The molecule has 8 rings (SSSR count). The zero-order valence-corrected chi connectivity index (χ0v) is 39.5. The van der Waals surface area contributed by atoms with Gasteiger partial charge in [-0.1, -0.05) is 28.7 Å². The average Bonchev–Trinajstić information content (AvgIpc) is 3.71. The number of ether oxygens (including phenoxy) is 6. The van der Waals surface area contributed by atoms with Crippen molar-refractivity contribution < 1.29 is 38.0 Å². The van der Waals surface area contributed by atoms with Crippen LogP contribution in [0.4, 0.5) is 0 Å². The van der Waals surface area contributed by atoms with Gasteiger partial charge in [0.25, 0.3) is 0 Å². The first kappa shape index (κ1) is 46.6. The zero-order valence-electron chi connectivity index (χ0n) is 38.0. The lowest BCUT2D eigenvalue weighted by Gasteiger charge is -2.44. The molecule has 6 heterocycles. The van der Waals surface area contributed by atoms with Gasteiger partial charge < -0.3 is 33.4 Å². The molecular weight excluding hydrogens is 874 g/mol. The molecule has 2 aromatic carbocycles. The number of fused-ring (bicyclic) bond motifs is 11. The summed E-state index contributed by atoms with van der Waals surface area (Å²) in [6.45, 7) is 12.8. The SMILES string of the molecule is CCOC(=O)c1cn2c(cc1=O)-c1cc(Cl)c(OCCCOCCCOC(=O)c3cn4c(cc3=O)Bc3cc(Cl)c(OCCCOC)cc3C3CCC(C)(C)N34)cc1C1CCC(C)(C)N12. The summed E-state index contributed by atoms with van der Waals surface area (Å²) in [5.41, 5.74) is 4.00. The van der Waals surface area contributed by atoms with Gasteiger partial charge in [0, 0.05) is 75.8 Å². The number of aromatic nitrogens is 2. The van der Waals surface area contributed by atoms with Crippen molar-refractivity contribution in [3.8, 4) is 22.8 Å². The number of hydrogen-bond donors (Lipinski definition) is 0. The maximum absolute atomic E-state index is 13.5. The van der Waals surface area contributed by atoms with Gasteiger partial charge in [-0.25, -0.2) is 9.59 Å². The normalized spacial score (nSPS) is 18.3. The molecule has 4 aliphatic heterocycles. The van der Waals surface area contributed by atoms with Gasteiger partial charge in [-0.3, -0.25) is 24.0 Å². The van der Waals surface area contributed by atoms with E-state index in [2.05, 4.69) is 37.7 Å². The second kappa shape index (κ2) is 19.1. The molecule has 0 amide bonds. The molecular formula is C48H57BCl2N4O10. The molecule has 346 valence electrons. The quantitative estimate of drug-likeness (QED) is 0.0685. The van der Waals surface area contributed by atoms with Gasteiger partial charge in [-0.15, -0.1) is 0 Å². The van der Waals surface area contributed by atoms with Crippen LogP contribution in [0.1, 0.15) is 123 Å². The van der Waals surface area contributed by atoms with Crippen LogP contribution in [0, 0.1) is 0 Å². The van der Waals surface area contributed by atoms with Gasteiger partial charge in [0.2, 0.25) is 7.28 Å². The largest absolute Gasteiger partial charge is 0.492 e. The van der Waals surface area contributed by atoms with Crippen molar-refractivity contribution in [3.05, 3.63) is 102 Å². The average molecular weight is 932 g/mol. The van der Waals surface area contributed by atoms with E-state index in [1.807, 2.05) is 33.6 Å². The third kappa shape index (κ3) is 9.26. The molecule has 0 aliphatic carbocycles. The molecule has 2 fully saturated rings. The van der Waals surface area contributed by atoms with Crippen LogP contribution in [-0.4, -0.2) is 93.0 Å². The Labute approximate surface area is 389 Å². The molecule has 4 aliphatic rings. The van der Waals surface area contributed by atoms with E-state index >= 15 is 0 Å². The number of pyridine rings is 2. The number of methoxy groups -OCH3 is 1. The second-order valence-electron chi connectivity index (χ2n) is 18.3. The van der Waals surface area contributed by atoms with Gasteiger partial charge in [-0.05, 0) is 102 Å². The van der Waals surface area contributed by atoms with Gasteiger partial charge >= 0.3 is 11.9 Å². The fraction of sp³-hybridized carbons (Fsp3) is 0.500. The molecule has 14 nitrogen and oxygen atoms in total. The number of carbonyl (C=O) groups excluding carboxylic acids is 2. The van der Waals surface area contributed by atoms with Crippen molar-refractivity contribution in [1.82, 2.24) is 9.35 Å². The summed E-state index contributed by atoms with van der Waals surface area (Å²) in [6, 6.07) is 10.8. The topological polar surface area (TPSA) is 140 Å². The van der Waals surface area contributed by atoms with Crippen LogP contribution in [0.15, 0.2) is 58.4 Å². The van der Waals surface area contributed by atoms with Gasteiger partial charge in [0.05, 0.1) is 65.3 Å². The monoisotopic (exact) mass is 930 g/mol. The van der Waals surface area contributed by atoms with E-state index in [1.165, 1.54) is 12.1 Å². The predicted molar refractivity (Wildman–Crippen MR) is 252 cm³/mol. The van der Waals surface area contributed by atoms with E-state index in [1.54, 1.807) is 26.4 Å². The lowest BCUT2D eigenvalue weighted by molar-refractivity contribution is 0.0436. The number of carbonyl (C=O) groups is 2. The van der Waals surface area contributed by atoms with Crippen LogP contribution in [0.3, 0.4) is 0 Å². The lowest BCUT2D eigenvalue weighted by atomic mass is 9.64. The van der Waals surface area contributed by atoms with Crippen molar-refractivity contribution in [3.63, 3.8) is 0 Å². The Morgan fingerprint density at radius 3 is 1.91 bits per heavy atom. The molecule has 0 N–H and O–H groups in total. The Kier molecular flexibility index (Phi) is 13.7. The van der Waals surface area contributed by atoms with E-state index < -0.39 is 22.8 Å². The van der Waals surface area contributed by atoms with Crippen LogP contribution in [0.5, 0.6) is 11.5 Å². The van der Waals surface area contributed by atoms with E-state index in [0.29, 0.717) is 80.4 Å².